The van der Waals surface area contributed by atoms with E-state index in [4.69, 9.17) is 11.8 Å². The van der Waals surface area contributed by atoms with E-state index in [2.05, 4.69) is 4.84 Å². The van der Waals surface area contributed by atoms with Crippen molar-refractivity contribution in [3.05, 3.63) is 39.9 Å². The number of nitrogens with zero attached hydrogens (tertiary/aromatic N) is 1. The van der Waals surface area contributed by atoms with Crippen LogP contribution in [-0.2, 0) is 0 Å². The molecule has 0 unspecified atom stereocenters. The van der Waals surface area contributed by atoms with E-state index in [1.54, 1.807) is 0 Å². The topological polar surface area (TPSA) is 72.2 Å². The number of carbonyl (C=O) groups excluding carboxylic acids is 1. The summed E-state index contributed by atoms with van der Waals surface area (Å²) in [6.07, 6.45) is 0. The summed E-state index contributed by atoms with van der Waals surface area (Å²) in [7, 11) is 0. The van der Waals surface area contributed by atoms with Gasteiger partial charge in [0.2, 0.25) is 0 Å². The molecule has 74 valence electrons. The number of halogens is 1. The third-order valence-corrected chi connectivity index (χ3v) is 1.76. The second-order valence-electron chi connectivity index (χ2n) is 2.54. The van der Waals surface area contributed by atoms with Crippen molar-refractivity contribution in [2.45, 2.75) is 0 Å². The van der Waals surface area contributed by atoms with Gasteiger partial charge in [-0.3, -0.25) is 14.9 Å². The van der Waals surface area contributed by atoms with E-state index in [0.717, 1.165) is 0 Å². The number of non-ortho nitro benzene ring substituents is 1. The number of Topliss-reactive ketones (excluding diaryl/α,β-unsaturated/α-hetero) is 1. The molecule has 6 heteroatoms. The number of rotatable bonds is 4. The molecule has 0 aliphatic carbocycles. The van der Waals surface area contributed by atoms with Gasteiger partial charge in [0.05, 0.1) is 11.5 Å². The Morgan fingerprint density at radius 1 is 1.43 bits per heavy atom. The summed E-state index contributed by atoms with van der Waals surface area (Å²) >= 11 is 5.15. The van der Waals surface area contributed by atoms with Crippen LogP contribution in [0.2, 0.25) is 0 Å². The highest BCUT2D eigenvalue weighted by atomic mass is 35.5. The summed E-state index contributed by atoms with van der Waals surface area (Å²) in [5.41, 5.74) is 0.351. The molecule has 0 fully saturated rings. The minimum absolute atomic E-state index is 0.000628. The number of carbonyl (C=O) groups is 1. The van der Waals surface area contributed by atoms with Gasteiger partial charge in [0.15, 0.2) is 5.78 Å². The Hall–Kier alpha value is -1.46. The summed E-state index contributed by atoms with van der Waals surface area (Å²) in [6.45, 7) is -0.000628. The highest BCUT2D eigenvalue weighted by Crippen LogP contribution is 2.11. The molecule has 14 heavy (non-hydrogen) atoms. The molecule has 0 aromatic heterocycles. The number of nitrogens with one attached hydrogen (secondary N) is 1. The Morgan fingerprint density at radius 2 is 2.00 bits per heavy atom. The van der Waals surface area contributed by atoms with Gasteiger partial charge in [-0.15, -0.1) is 0 Å². The van der Waals surface area contributed by atoms with Crippen LogP contribution < -0.4 is 4.84 Å². The van der Waals surface area contributed by atoms with Gasteiger partial charge in [-0.2, -0.15) is 0 Å². The molecule has 0 radical (unpaired) electrons. The van der Waals surface area contributed by atoms with E-state index in [9.17, 15) is 14.9 Å². The third kappa shape index (κ3) is 2.51. The van der Waals surface area contributed by atoms with Crippen molar-refractivity contribution in [1.29, 1.82) is 0 Å². The normalized spacial score (nSPS) is 9.79. The number of benzene rings is 1. The third-order valence-electron chi connectivity index (χ3n) is 1.63. The van der Waals surface area contributed by atoms with Crippen LogP contribution in [0.25, 0.3) is 0 Å². The number of hydrogen-bond acceptors (Lipinski definition) is 4. The minimum Gasteiger partial charge on any atom is -0.293 e. The van der Waals surface area contributed by atoms with Gasteiger partial charge in [-0.1, -0.05) is 0 Å². The van der Waals surface area contributed by atoms with Crippen molar-refractivity contribution >= 4 is 23.2 Å². The molecule has 1 aromatic rings. The molecule has 1 aromatic carbocycles. The maximum Gasteiger partial charge on any atom is 0.269 e. The molecule has 1 N–H and O–H groups in total. The van der Waals surface area contributed by atoms with Gasteiger partial charge in [-0.05, 0) is 23.9 Å². The van der Waals surface area contributed by atoms with E-state index in [1.807, 2.05) is 0 Å². The van der Waals surface area contributed by atoms with Gasteiger partial charge < -0.3 is 0 Å². The minimum atomic E-state index is -0.520. The smallest absolute Gasteiger partial charge is 0.269 e. The molecule has 0 amide bonds. The Bertz CT molecular complexity index is 350. The fourth-order valence-electron chi connectivity index (χ4n) is 0.932. The van der Waals surface area contributed by atoms with Crippen molar-refractivity contribution < 1.29 is 9.72 Å². The highest BCUT2D eigenvalue weighted by Gasteiger charge is 2.08. The SMILES string of the molecule is O=C(CNCl)c1ccc([N+](=O)[O-])cc1. The van der Waals surface area contributed by atoms with Crippen molar-refractivity contribution in [2.24, 2.45) is 0 Å². The standard InChI is InChI=1S/C8H7ClN2O3/c9-10-5-8(12)6-1-3-7(4-2-6)11(13)14/h1-4,10H,5H2. The molecule has 0 atom stereocenters. The van der Waals surface area contributed by atoms with Crippen molar-refractivity contribution in [3.63, 3.8) is 0 Å². The molecule has 1 rings (SSSR count). The lowest BCUT2D eigenvalue weighted by molar-refractivity contribution is -0.384. The number of hydrogen-bond donors (Lipinski definition) is 1. The van der Waals surface area contributed by atoms with Gasteiger partial charge in [-0.25, -0.2) is 4.84 Å². The molecule has 0 spiro atoms. The molecule has 5 nitrogen and oxygen atoms in total. The second-order valence-corrected chi connectivity index (χ2v) is 2.80. The van der Waals surface area contributed by atoms with E-state index < -0.39 is 4.92 Å². The van der Waals surface area contributed by atoms with E-state index in [0.29, 0.717) is 5.56 Å². The average molecular weight is 215 g/mol. The van der Waals surface area contributed by atoms with Crippen molar-refractivity contribution in [1.82, 2.24) is 4.84 Å². The van der Waals surface area contributed by atoms with Gasteiger partial charge in [0.25, 0.3) is 5.69 Å². The summed E-state index contributed by atoms with van der Waals surface area (Å²) < 4.78 is 0. The first kappa shape index (κ1) is 10.6. The first-order valence-corrected chi connectivity index (χ1v) is 4.14. The lowest BCUT2D eigenvalue weighted by Gasteiger charge is -1.97. The molecule has 0 aliphatic rings. The van der Waals surface area contributed by atoms with E-state index >= 15 is 0 Å². The zero-order valence-electron chi connectivity index (χ0n) is 7.07. The lowest BCUT2D eigenvalue weighted by atomic mass is 10.1. The number of nitro benzene ring substituents is 1. The maximum atomic E-state index is 11.2. The van der Waals surface area contributed by atoms with E-state index in [-0.39, 0.29) is 18.0 Å². The Morgan fingerprint density at radius 3 is 2.43 bits per heavy atom. The molecule has 0 heterocycles. The fourth-order valence-corrected chi connectivity index (χ4v) is 1.05. The van der Waals surface area contributed by atoms with Gasteiger partial charge >= 0.3 is 0 Å². The zero-order chi connectivity index (χ0) is 10.6. The molecule has 0 saturated carbocycles. The molecule has 0 saturated heterocycles. The van der Waals surface area contributed by atoms with Crippen LogP contribution in [0.3, 0.4) is 0 Å². The van der Waals surface area contributed by atoms with Crippen LogP contribution in [0.15, 0.2) is 24.3 Å². The number of nitro groups is 1. The summed E-state index contributed by atoms with van der Waals surface area (Å²) in [5.74, 6) is -0.213. The van der Waals surface area contributed by atoms with Crippen molar-refractivity contribution in [2.75, 3.05) is 6.54 Å². The van der Waals surface area contributed by atoms with Crippen LogP contribution in [-0.4, -0.2) is 17.3 Å². The maximum absolute atomic E-state index is 11.2. The van der Waals surface area contributed by atoms with Crippen molar-refractivity contribution in [3.8, 4) is 0 Å². The van der Waals surface area contributed by atoms with Gasteiger partial charge in [0, 0.05) is 17.7 Å². The second kappa shape index (κ2) is 4.69. The largest absolute Gasteiger partial charge is 0.293 e. The summed E-state index contributed by atoms with van der Waals surface area (Å²) in [5, 5.41) is 10.3. The predicted molar refractivity (Wildman–Crippen MR) is 51.3 cm³/mol. The van der Waals surface area contributed by atoms with Gasteiger partial charge in [0.1, 0.15) is 0 Å². The first-order valence-electron chi connectivity index (χ1n) is 3.76. The summed E-state index contributed by atoms with van der Waals surface area (Å²) in [4.78, 5) is 23.2. The quantitative estimate of drug-likeness (QED) is 0.357. The Balaban J connectivity index is 2.83. The fraction of sp³-hybridized carbons (Fsp3) is 0.125. The summed E-state index contributed by atoms with van der Waals surface area (Å²) in [6, 6.07) is 5.35. The Kier molecular flexibility index (Phi) is 3.55. The van der Waals surface area contributed by atoms with Crippen LogP contribution in [0.5, 0.6) is 0 Å². The molecular formula is C8H7ClN2O3. The van der Waals surface area contributed by atoms with Crippen LogP contribution >= 0.6 is 11.8 Å². The molecule has 0 aliphatic heterocycles. The molecule has 0 bridgehead atoms. The zero-order valence-corrected chi connectivity index (χ0v) is 7.82. The predicted octanol–water partition coefficient (Wildman–Crippen LogP) is 1.52. The monoisotopic (exact) mass is 214 g/mol. The lowest BCUT2D eigenvalue weighted by Crippen LogP contribution is -2.14. The first-order chi connectivity index (χ1) is 6.65. The van der Waals surface area contributed by atoms with E-state index in [1.165, 1.54) is 24.3 Å². The van der Waals surface area contributed by atoms with Crippen LogP contribution in [0.1, 0.15) is 10.4 Å². The van der Waals surface area contributed by atoms with Crippen LogP contribution in [0, 0.1) is 10.1 Å². The highest BCUT2D eigenvalue weighted by molar-refractivity contribution is 6.15. The average Bonchev–Trinajstić information content (AvgIpc) is 2.18. The Labute approximate surface area is 84.9 Å². The molecular weight excluding hydrogens is 208 g/mol. The van der Waals surface area contributed by atoms with Crippen LogP contribution in [0.4, 0.5) is 5.69 Å². The number of ketones is 1.